The molecule has 0 aliphatic carbocycles. The lowest BCUT2D eigenvalue weighted by Crippen LogP contribution is -2.31. The fraction of sp³-hybridized carbons (Fsp3) is 0.321. The Balaban J connectivity index is 1.28. The molecule has 3 heterocycles. The van der Waals surface area contributed by atoms with E-state index < -0.39 is 0 Å². The summed E-state index contributed by atoms with van der Waals surface area (Å²) in [6, 6.07) is 15.7. The first-order valence-corrected chi connectivity index (χ1v) is 12.0. The Morgan fingerprint density at radius 3 is 2.56 bits per heavy atom. The highest BCUT2D eigenvalue weighted by Crippen LogP contribution is 2.35. The number of rotatable bonds is 8. The summed E-state index contributed by atoms with van der Waals surface area (Å²) in [4.78, 5) is 10.4. The third-order valence-corrected chi connectivity index (χ3v) is 6.55. The number of benzene rings is 2. The molecule has 0 radical (unpaired) electrons. The van der Waals surface area contributed by atoms with Gasteiger partial charge in [0.25, 0.3) is 0 Å². The Morgan fingerprint density at radius 1 is 0.971 bits per heavy atom. The fourth-order valence-electron chi connectivity index (χ4n) is 4.65. The van der Waals surface area contributed by atoms with Gasteiger partial charge in [-0.1, -0.05) is 24.6 Å². The van der Waals surface area contributed by atoms with Gasteiger partial charge in [0.05, 0.1) is 13.7 Å². The molecule has 34 heavy (non-hydrogen) atoms. The van der Waals surface area contributed by atoms with Crippen LogP contribution >= 0.6 is 0 Å². The zero-order chi connectivity index (χ0) is 23.3. The second-order valence-corrected chi connectivity index (χ2v) is 8.84. The van der Waals surface area contributed by atoms with Crippen molar-refractivity contribution in [3.05, 3.63) is 60.9 Å². The van der Waals surface area contributed by atoms with Gasteiger partial charge in [-0.2, -0.15) is 0 Å². The number of hydrogen-bond donors (Lipinski definition) is 2. The minimum atomic E-state index is 0.122. The number of nitrogens with one attached hydrogen (secondary N) is 1. The van der Waals surface area contributed by atoms with Crippen LogP contribution in [0.15, 0.2) is 60.9 Å². The number of phenolic OH excluding ortho intramolecular Hbond substituents is 1. The van der Waals surface area contributed by atoms with Crippen molar-refractivity contribution in [2.24, 2.45) is 0 Å². The van der Waals surface area contributed by atoms with Crippen molar-refractivity contribution >= 4 is 11.0 Å². The molecule has 1 aliphatic rings. The smallest absolute Gasteiger partial charge is 0.161 e. The summed E-state index contributed by atoms with van der Waals surface area (Å²) < 4.78 is 11.2. The monoisotopic (exact) mass is 457 g/mol. The molecule has 6 heteroatoms. The number of ether oxygens (including phenoxy) is 2. The number of hydrogen-bond acceptors (Lipinski definition) is 5. The van der Waals surface area contributed by atoms with Crippen LogP contribution in [-0.4, -0.2) is 53.3 Å². The summed E-state index contributed by atoms with van der Waals surface area (Å²) in [6.07, 6.45) is 8.91. The molecule has 0 amide bonds. The second-order valence-electron chi connectivity index (χ2n) is 8.84. The van der Waals surface area contributed by atoms with Crippen LogP contribution in [0.3, 0.4) is 0 Å². The van der Waals surface area contributed by atoms with Gasteiger partial charge in [-0.05, 0) is 73.8 Å². The average molecular weight is 458 g/mol. The first-order valence-electron chi connectivity index (χ1n) is 12.0. The van der Waals surface area contributed by atoms with Crippen molar-refractivity contribution in [2.45, 2.75) is 25.7 Å². The molecule has 5 rings (SSSR count). The van der Waals surface area contributed by atoms with Crippen LogP contribution in [0.2, 0.25) is 0 Å². The topological polar surface area (TPSA) is 70.6 Å². The molecule has 4 aromatic rings. The van der Waals surface area contributed by atoms with E-state index in [1.54, 1.807) is 13.2 Å². The van der Waals surface area contributed by atoms with E-state index in [0.29, 0.717) is 5.75 Å². The van der Waals surface area contributed by atoms with Gasteiger partial charge in [-0.25, -0.2) is 4.98 Å². The molecule has 1 fully saturated rings. The SMILES string of the molecule is COc1cc(-c2cnc3[nH]cc(-c4ccc(OCCCN5CCCCC5)cc4)c3c2)ccc1O. The number of H-pyrrole nitrogens is 1. The molecule has 0 unspecified atom stereocenters. The zero-order valence-electron chi connectivity index (χ0n) is 19.6. The number of aromatic hydroxyl groups is 1. The van der Waals surface area contributed by atoms with Crippen LogP contribution in [0, 0.1) is 0 Å². The Hall–Kier alpha value is -3.51. The number of aromatic amines is 1. The number of pyridine rings is 1. The van der Waals surface area contributed by atoms with Gasteiger partial charge in [0, 0.05) is 35.5 Å². The Kier molecular flexibility index (Phi) is 6.67. The minimum Gasteiger partial charge on any atom is -0.504 e. The molecule has 2 aromatic heterocycles. The van der Waals surface area contributed by atoms with Crippen LogP contribution < -0.4 is 9.47 Å². The van der Waals surface area contributed by atoms with E-state index in [9.17, 15) is 5.11 Å². The summed E-state index contributed by atoms with van der Waals surface area (Å²) >= 11 is 0. The summed E-state index contributed by atoms with van der Waals surface area (Å²) in [5.74, 6) is 1.46. The molecular formula is C28H31N3O3. The van der Waals surface area contributed by atoms with Crippen LogP contribution in [0.1, 0.15) is 25.7 Å². The number of aromatic nitrogens is 2. The quantitative estimate of drug-likeness (QED) is 0.324. The molecule has 2 N–H and O–H groups in total. The van der Waals surface area contributed by atoms with E-state index in [1.165, 1.54) is 32.4 Å². The number of fused-ring (bicyclic) bond motifs is 1. The molecular weight excluding hydrogens is 426 g/mol. The van der Waals surface area contributed by atoms with Crippen molar-refractivity contribution in [1.82, 2.24) is 14.9 Å². The van der Waals surface area contributed by atoms with Crippen molar-refractivity contribution < 1.29 is 14.6 Å². The van der Waals surface area contributed by atoms with Crippen LogP contribution in [0.25, 0.3) is 33.3 Å². The summed E-state index contributed by atoms with van der Waals surface area (Å²) in [6.45, 7) is 4.33. The van der Waals surface area contributed by atoms with E-state index in [1.807, 2.05) is 36.7 Å². The van der Waals surface area contributed by atoms with Crippen molar-refractivity contribution in [3.63, 3.8) is 0 Å². The van der Waals surface area contributed by atoms with Crippen molar-refractivity contribution in [3.8, 4) is 39.5 Å². The maximum Gasteiger partial charge on any atom is 0.161 e. The molecule has 0 saturated carbocycles. The number of piperidine rings is 1. The molecule has 6 nitrogen and oxygen atoms in total. The molecule has 0 atom stereocenters. The van der Waals surface area contributed by atoms with Crippen LogP contribution in [-0.2, 0) is 0 Å². The van der Waals surface area contributed by atoms with Gasteiger partial charge in [0.15, 0.2) is 11.5 Å². The summed E-state index contributed by atoms with van der Waals surface area (Å²) in [7, 11) is 1.55. The normalized spacial score (nSPS) is 14.4. The average Bonchev–Trinajstić information content (AvgIpc) is 3.31. The molecule has 1 aliphatic heterocycles. The minimum absolute atomic E-state index is 0.122. The Labute approximate surface area is 200 Å². The highest BCUT2D eigenvalue weighted by atomic mass is 16.5. The molecule has 0 spiro atoms. The fourth-order valence-corrected chi connectivity index (χ4v) is 4.65. The number of methoxy groups -OCH3 is 1. The zero-order valence-corrected chi connectivity index (χ0v) is 19.6. The van der Waals surface area contributed by atoms with Gasteiger partial charge >= 0.3 is 0 Å². The molecule has 176 valence electrons. The highest BCUT2D eigenvalue weighted by molar-refractivity contribution is 5.95. The van der Waals surface area contributed by atoms with Gasteiger partial charge in [-0.3, -0.25) is 0 Å². The maximum absolute atomic E-state index is 9.91. The van der Waals surface area contributed by atoms with Crippen molar-refractivity contribution in [1.29, 1.82) is 0 Å². The lowest BCUT2D eigenvalue weighted by Gasteiger charge is -2.26. The predicted octanol–water partition coefficient (Wildman–Crippen LogP) is 5.87. The maximum atomic E-state index is 9.91. The molecule has 0 bridgehead atoms. The highest BCUT2D eigenvalue weighted by Gasteiger charge is 2.12. The lowest BCUT2D eigenvalue weighted by atomic mass is 10.0. The molecule has 2 aromatic carbocycles. The Morgan fingerprint density at radius 2 is 1.76 bits per heavy atom. The Bertz CT molecular complexity index is 1240. The number of phenols is 1. The van der Waals surface area contributed by atoms with Crippen LogP contribution in [0.5, 0.6) is 17.2 Å². The first-order chi connectivity index (χ1) is 16.7. The number of likely N-dealkylation sites (tertiary alicyclic amines) is 1. The second kappa shape index (κ2) is 10.2. The third-order valence-electron chi connectivity index (χ3n) is 6.55. The number of nitrogens with zero attached hydrogens (tertiary/aromatic N) is 2. The van der Waals surface area contributed by atoms with Gasteiger partial charge in [0.2, 0.25) is 0 Å². The van der Waals surface area contributed by atoms with Crippen molar-refractivity contribution in [2.75, 3.05) is 33.4 Å². The van der Waals surface area contributed by atoms with Crippen LogP contribution in [0.4, 0.5) is 0 Å². The van der Waals surface area contributed by atoms with E-state index in [4.69, 9.17) is 9.47 Å². The van der Waals surface area contributed by atoms with E-state index >= 15 is 0 Å². The lowest BCUT2D eigenvalue weighted by molar-refractivity contribution is 0.205. The largest absolute Gasteiger partial charge is 0.504 e. The van der Waals surface area contributed by atoms with Gasteiger partial charge in [0.1, 0.15) is 11.4 Å². The predicted molar refractivity (Wildman–Crippen MR) is 136 cm³/mol. The first kappa shape index (κ1) is 22.3. The van der Waals surface area contributed by atoms with E-state index in [-0.39, 0.29) is 5.75 Å². The third kappa shape index (κ3) is 4.87. The van der Waals surface area contributed by atoms with E-state index in [0.717, 1.165) is 58.6 Å². The summed E-state index contributed by atoms with van der Waals surface area (Å²) in [5.41, 5.74) is 4.92. The summed E-state index contributed by atoms with van der Waals surface area (Å²) in [5, 5.41) is 10.9. The van der Waals surface area contributed by atoms with E-state index in [2.05, 4.69) is 33.1 Å². The molecule has 1 saturated heterocycles. The van der Waals surface area contributed by atoms with Gasteiger partial charge < -0.3 is 24.5 Å². The standard InChI is InChI=1S/C28H31N3O3/c1-33-27-17-21(8-11-26(27)32)22-16-24-25(19-30-28(24)29-18-22)20-6-9-23(10-7-20)34-15-5-14-31-12-3-2-4-13-31/h6-11,16-19,32H,2-5,12-15H2,1H3,(H,29,30). The van der Waals surface area contributed by atoms with Gasteiger partial charge in [-0.15, -0.1) is 0 Å².